The first kappa shape index (κ1) is 19.3. The SMILES string of the molecule is O=C(O)CCN(c1cccc(I)c1)S(=O)(=O)c1cc(Cl)ccc1Cl. The lowest BCUT2D eigenvalue weighted by Crippen LogP contribution is -2.33. The number of hydrogen-bond donors (Lipinski definition) is 1. The monoisotopic (exact) mass is 499 g/mol. The smallest absolute Gasteiger partial charge is 0.305 e. The van der Waals surface area contributed by atoms with Gasteiger partial charge in [-0.15, -0.1) is 0 Å². The van der Waals surface area contributed by atoms with Crippen LogP contribution >= 0.6 is 45.8 Å². The Morgan fingerprint density at radius 1 is 1.17 bits per heavy atom. The maximum Gasteiger partial charge on any atom is 0.305 e. The van der Waals surface area contributed by atoms with Gasteiger partial charge in [0.15, 0.2) is 0 Å². The van der Waals surface area contributed by atoms with Crippen LogP contribution in [0.5, 0.6) is 0 Å². The number of benzene rings is 2. The van der Waals surface area contributed by atoms with Gasteiger partial charge >= 0.3 is 5.97 Å². The molecule has 2 rings (SSSR count). The van der Waals surface area contributed by atoms with Crippen molar-refractivity contribution in [1.29, 1.82) is 0 Å². The maximum atomic E-state index is 13.0. The molecule has 0 radical (unpaired) electrons. The van der Waals surface area contributed by atoms with E-state index in [0.29, 0.717) is 5.69 Å². The maximum absolute atomic E-state index is 13.0. The highest BCUT2D eigenvalue weighted by molar-refractivity contribution is 14.1. The van der Waals surface area contributed by atoms with Gasteiger partial charge in [0, 0.05) is 15.1 Å². The van der Waals surface area contributed by atoms with Gasteiger partial charge in [-0.3, -0.25) is 9.10 Å². The number of carbonyl (C=O) groups is 1. The summed E-state index contributed by atoms with van der Waals surface area (Å²) < 4.78 is 27.9. The third-order valence-corrected chi connectivity index (χ3v) is 6.30. The fourth-order valence-corrected chi connectivity index (χ4v) is 4.73. The van der Waals surface area contributed by atoms with Gasteiger partial charge in [0.1, 0.15) is 4.90 Å². The van der Waals surface area contributed by atoms with Crippen LogP contribution in [0.3, 0.4) is 0 Å². The summed E-state index contributed by atoms with van der Waals surface area (Å²) in [6.07, 6.45) is -0.344. The summed E-state index contributed by atoms with van der Waals surface area (Å²) in [6.45, 7) is -0.222. The van der Waals surface area contributed by atoms with E-state index in [4.69, 9.17) is 28.3 Å². The summed E-state index contributed by atoms with van der Waals surface area (Å²) in [6, 6.07) is 10.9. The van der Waals surface area contributed by atoms with Crippen LogP contribution in [0.1, 0.15) is 6.42 Å². The fraction of sp³-hybridized carbons (Fsp3) is 0.133. The topological polar surface area (TPSA) is 74.7 Å². The standard InChI is InChI=1S/C15H12Cl2INO4S/c16-10-4-5-13(17)14(8-10)24(22,23)19(7-6-15(20)21)12-3-1-2-11(18)9-12/h1-5,8-9H,6-7H2,(H,20,21). The predicted octanol–water partition coefficient (Wildman–Crippen LogP) is 4.27. The van der Waals surface area contributed by atoms with Crippen molar-refractivity contribution in [2.24, 2.45) is 0 Å². The van der Waals surface area contributed by atoms with Crippen molar-refractivity contribution < 1.29 is 18.3 Å². The number of sulfonamides is 1. The Morgan fingerprint density at radius 2 is 1.88 bits per heavy atom. The number of carboxylic acid groups (broad SMARTS) is 1. The molecule has 0 aliphatic carbocycles. The van der Waals surface area contributed by atoms with Crippen molar-refractivity contribution in [2.75, 3.05) is 10.8 Å². The Labute approximate surface area is 163 Å². The minimum Gasteiger partial charge on any atom is -0.481 e. The molecule has 0 aliphatic heterocycles. The van der Waals surface area contributed by atoms with E-state index >= 15 is 0 Å². The van der Waals surface area contributed by atoms with Crippen molar-refractivity contribution in [1.82, 2.24) is 0 Å². The summed E-state index contributed by atoms with van der Waals surface area (Å²) >= 11 is 14.0. The number of anilines is 1. The average molecular weight is 500 g/mol. The zero-order valence-electron chi connectivity index (χ0n) is 12.1. The molecule has 0 bridgehead atoms. The molecule has 5 nitrogen and oxygen atoms in total. The third kappa shape index (κ3) is 4.53. The second-order valence-electron chi connectivity index (χ2n) is 4.78. The molecule has 1 N–H and O–H groups in total. The zero-order valence-corrected chi connectivity index (χ0v) is 16.6. The lowest BCUT2D eigenvalue weighted by atomic mass is 10.3. The number of carboxylic acids is 1. The van der Waals surface area contributed by atoms with Gasteiger partial charge < -0.3 is 5.11 Å². The highest BCUT2D eigenvalue weighted by Crippen LogP contribution is 2.31. The fourth-order valence-electron chi connectivity index (χ4n) is 2.01. The molecule has 0 unspecified atom stereocenters. The molecule has 9 heteroatoms. The molecule has 2 aromatic carbocycles. The van der Waals surface area contributed by atoms with Crippen LogP contribution in [0.25, 0.3) is 0 Å². The van der Waals surface area contributed by atoms with Gasteiger partial charge in [0.05, 0.1) is 17.1 Å². The van der Waals surface area contributed by atoms with Crippen LogP contribution in [0, 0.1) is 3.57 Å². The van der Waals surface area contributed by atoms with Crippen LogP contribution in [-0.4, -0.2) is 26.0 Å². The quantitative estimate of drug-likeness (QED) is 0.602. The summed E-state index contributed by atoms with van der Waals surface area (Å²) in [5.74, 6) is -1.10. The van der Waals surface area contributed by atoms with Crippen molar-refractivity contribution in [2.45, 2.75) is 11.3 Å². The molecule has 128 valence electrons. The number of hydrogen-bond acceptors (Lipinski definition) is 3. The molecule has 0 aromatic heterocycles. The minimum atomic E-state index is -4.07. The minimum absolute atomic E-state index is 0.0188. The molecule has 0 amide bonds. The molecule has 0 heterocycles. The van der Waals surface area contributed by atoms with Crippen LogP contribution in [0.2, 0.25) is 10.0 Å². The van der Waals surface area contributed by atoms with Crippen LogP contribution < -0.4 is 4.31 Å². The molecule has 24 heavy (non-hydrogen) atoms. The predicted molar refractivity (Wildman–Crippen MR) is 102 cm³/mol. The van der Waals surface area contributed by atoms with Crippen molar-refractivity contribution >= 4 is 67.5 Å². The number of halogens is 3. The van der Waals surface area contributed by atoms with E-state index in [2.05, 4.69) is 22.6 Å². The first-order chi connectivity index (χ1) is 11.2. The molecule has 0 saturated heterocycles. The number of nitrogens with zero attached hydrogens (tertiary/aromatic N) is 1. The van der Waals surface area contributed by atoms with E-state index < -0.39 is 16.0 Å². The van der Waals surface area contributed by atoms with E-state index in [9.17, 15) is 13.2 Å². The lowest BCUT2D eigenvalue weighted by molar-refractivity contribution is -0.136. The first-order valence-electron chi connectivity index (χ1n) is 6.67. The van der Waals surface area contributed by atoms with E-state index in [1.54, 1.807) is 24.3 Å². The highest BCUT2D eigenvalue weighted by atomic mass is 127. The normalized spacial score (nSPS) is 11.3. The number of rotatable bonds is 6. The van der Waals surface area contributed by atoms with E-state index in [1.165, 1.54) is 18.2 Å². The van der Waals surface area contributed by atoms with Crippen molar-refractivity contribution in [3.63, 3.8) is 0 Å². The Morgan fingerprint density at radius 3 is 2.50 bits per heavy atom. The summed E-state index contributed by atoms with van der Waals surface area (Å²) in [7, 11) is -4.07. The van der Waals surface area contributed by atoms with Gasteiger partial charge in [-0.25, -0.2) is 8.42 Å². The van der Waals surface area contributed by atoms with Gasteiger partial charge in [-0.2, -0.15) is 0 Å². The highest BCUT2D eigenvalue weighted by Gasteiger charge is 2.28. The van der Waals surface area contributed by atoms with Gasteiger partial charge in [0.25, 0.3) is 10.0 Å². The molecule has 0 atom stereocenters. The molecular formula is C15H12Cl2INO4S. The molecule has 0 aliphatic rings. The molecule has 0 spiro atoms. The second kappa shape index (κ2) is 7.90. The molecular weight excluding hydrogens is 488 g/mol. The summed E-state index contributed by atoms with van der Waals surface area (Å²) in [4.78, 5) is 10.8. The summed E-state index contributed by atoms with van der Waals surface area (Å²) in [5, 5.41) is 9.17. The molecule has 0 fully saturated rings. The Hall–Kier alpha value is -1.03. The number of aliphatic carboxylic acids is 1. The van der Waals surface area contributed by atoms with Crippen molar-refractivity contribution in [3.8, 4) is 0 Å². The van der Waals surface area contributed by atoms with Crippen LogP contribution in [0.4, 0.5) is 5.69 Å². The summed E-state index contributed by atoms with van der Waals surface area (Å²) in [5.41, 5.74) is 0.360. The Balaban J connectivity index is 2.56. The zero-order chi connectivity index (χ0) is 17.9. The lowest BCUT2D eigenvalue weighted by Gasteiger charge is -2.24. The van der Waals surface area contributed by atoms with E-state index in [-0.39, 0.29) is 27.9 Å². The van der Waals surface area contributed by atoms with E-state index in [1.807, 2.05) is 0 Å². The Bertz CT molecular complexity index is 874. The van der Waals surface area contributed by atoms with Crippen molar-refractivity contribution in [3.05, 3.63) is 56.1 Å². The largest absolute Gasteiger partial charge is 0.481 e. The van der Waals surface area contributed by atoms with Gasteiger partial charge in [-0.1, -0.05) is 29.3 Å². The van der Waals surface area contributed by atoms with Crippen LogP contribution in [0.15, 0.2) is 47.4 Å². The second-order valence-corrected chi connectivity index (χ2v) is 8.70. The van der Waals surface area contributed by atoms with E-state index in [0.717, 1.165) is 7.88 Å². The van der Waals surface area contributed by atoms with Gasteiger partial charge in [0.2, 0.25) is 0 Å². The Kier molecular flexibility index (Phi) is 6.35. The molecule has 2 aromatic rings. The first-order valence-corrected chi connectivity index (χ1v) is 9.94. The third-order valence-electron chi connectivity index (χ3n) is 3.09. The molecule has 0 saturated carbocycles. The average Bonchev–Trinajstić information content (AvgIpc) is 2.49. The van der Waals surface area contributed by atoms with Crippen LogP contribution in [-0.2, 0) is 14.8 Å². The van der Waals surface area contributed by atoms with Gasteiger partial charge in [-0.05, 0) is 59.0 Å².